The van der Waals surface area contributed by atoms with Gasteiger partial charge in [0.25, 0.3) is 0 Å². The summed E-state index contributed by atoms with van der Waals surface area (Å²) in [5.74, 6) is -0.186. The average Bonchev–Trinajstić information content (AvgIpc) is 2.46. The summed E-state index contributed by atoms with van der Waals surface area (Å²) in [5.41, 5.74) is 5.72. The summed E-state index contributed by atoms with van der Waals surface area (Å²) in [6.07, 6.45) is 8.16. The molecule has 1 aliphatic rings. The molecule has 0 atom stereocenters. The molecule has 1 heterocycles. The molecule has 0 fully saturated rings. The summed E-state index contributed by atoms with van der Waals surface area (Å²) < 4.78 is 4.46. The standard InChI is InChI=1S/C11H11N3O2S/c12-9(16-11(13)15)6-10-14-7-4-2-1-3-5-8(7)17-10/h2-5,12H,1,6H2,(H2,13,15). The number of amides is 1. The van der Waals surface area contributed by atoms with E-state index in [-0.39, 0.29) is 12.3 Å². The van der Waals surface area contributed by atoms with Crippen LogP contribution >= 0.6 is 11.3 Å². The van der Waals surface area contributed by atoms with Gasteiger partial charge in [0.05, 0.1) is 17.0 Å². The van der Waals surface area contributed by atoms with Crippen molar-refractivity contribution in [1.82, 2.24) is 4.98 Å². The predicted molar refractivity (Wildman–Crippen MR) is 66.9 cm³/mol. The highest BCUT2D eigenvalue weighted by Crippen LogP contribution is 2.24. The van der Waals surface area contributed by atoms with Crippen LogP contribution in [0.4, 0.5) is 4.79 Å². The Morgan fingerprint density at radius 3 is 3.06 bits per heavy atom. The van der Waals surface area contributed by atoms with Crippen molar-refractivity contribution in [1.29, 1.82) is 5.41 Å². The molecule has 6 heteroatoms. The minimum atomic E-state index is -0.965. The monoisotopic (exact) mass is 249 g/mol. The van der Waals surface area contributed by atoms with Gasteiger partial charge in [-0.2, -0.15) is 0 Å². The first-order valence-electron chi connectivity index (χ1n) is 5.02. The van der Waals surface area contributed by atoms with Crippen LogP contribution < -0.4 is 5.73 Å². The third-order valence-electron chi connectivity index (χ3n) is 2.08. The zero-order valence-electron chi connectivity index (χ0n) is 8.97. The largest absolute Gasteiger partial charge is 0.411 e. The minimum Gasteiger partial charge on any atom is -0.396 e. The molecule has 1 aliphatic carbocycles. The first kappa shape index (κ1) is 11.5. The molecule has 0 saturated heterocycles. The van der Waals surface area contributed by atoms with Gasteiger partial charge in [-0.15, -0.1) is 11.3 Å². The molecule has 1 aromatic rings. The maximum Gasteiger partial charge on any atom is 0.411 e. The van der Waals surface area contributed by atoms with E-state index in [1.54, 1.807) is 0 Å². The van der Waals surface area contributed by atoms with Gasteiger partial charge in [0.15, 0.2) is 5.90 Å². The molecule has 2 rings (SSSR count). The first-order valence-corrected chi connectivity index (χ1v) is 5.84. The predicted octanol–water partition coefficient (Wildman–Crippen LogP) is 2.19. The number of nitrogens with two attached hydrogens (primary N) is 1. The van der Waals surface area contributed by atoms with Gasteiger partial charge >= 0.3 is 6.09 Å². The van der Waals surface area contributed by atoms with Crippen LogP contribution in [0.15, 0.2) is 12.2 Å². The first-order chi connectivity index (χ1) is 8.15. The lowest BCUT2D eigenvalue weighted by Gasteiger charge is -1.98. The van der Waals surface area contributed by atoms with Crippen molar-refractivity contribution < 1.29 is 9.53 Å². The Balaban J connectivity index is 2.11. The van der Waals surface area contributed by atoms with Crippen LogP contribution in [0.5, 0.6) is 0 Å². The summed E-state index contributed by atoms with van der Waals surface area (Å²) in [7, 11) is 0. The molecule has 0 radical (unpaired) electrons. The van der Waals surface area contributed by atoms with Gasteiger partial charge < -0.3 is 10.5 Å². The Morgan fingerprint density at radius 2 is 2.29 bits per heavy atom. The fourth-order valence-corrected chi connectivity index (χ4v) is 2.42. The quantitative estimate of drug-likeness (QED) is 0.622. The topological polar surface area (TPSA) is 89.1 Å². The second-order valence-corrected chi connectivity index (χ2v) is 4.53. The number of nitrogens with zero attached hydrogens (tertiary/aromatic N) is 1. The van der Waals surface area contributed by atoms with E-state index in [2.05, 4.69) is 15.8 Å². The molecule has 0 saturated carbocycles. The number of fused-ring (bicyclic) bond motifs is 1. The molecule has 0 bridgehead atoms. The number of nitrogens with one attached hydrogen (secondary N) is 1. The normalized spacial score (nSPS) is 12.9. The Kier molecular flexibility index (Phi) is 3.34. The van der Waals surface area contributed by atoms with Crippen LogP contribution in [-0.4, -0.2) is 17.0 Å². The Hall–Kier alpha value is -1.95. The number of thiazole rings is 1. The van der Waals surface area contributed by atoms with Crippen LogP contribution in [0.1, 0.15) is 22.0 Å². The molecule has 0 aliphatic heterocycles. The van der Waals surface area contributed by atoms with E-state index in [1.807, 2.05) is 18.2 Å². The van der Waals surface area contributed by atoms with Crippen molar-refractivity contribution in [3.8, 4) is 0 Å². The van der Waals surface area contributed by atoms with Gasteiger partial charge in [0, 0.05) is 0 Å². The Morgan fingerprint density at radius 1 is 1.53 bits per heavy atom. The number of primary amides is 1. The summed E-state index contributed by atoms with van der Waals surface area (Å²) in [6.45, 7) is 0. The van der Waals surface area contributed by atoms with Gasteiger partial charge in [-0.05, 0) is 18.6 Å². The molecule has 0 unspecified atom stereocenters. The molecule has 1 aromatic heterocycles. The second-order valence-electron chi connectivity index (χ2n) is 3.42. The molecule has 1 amide bonds. The number of carbonyl (C=O) groups excluding carboxylic acids is 1. The number of hydrogen-bond donors (Lipinski definition) is 2. The van der Waals surface area contributed by atoms with Crippen LogP contribution in [0.25, 0.3) is 12.2 Å². The molecular formula is C11H11N3O2S. The van der Waals surface area contributed by atoms with Crippen molar-refractivity contribution in [3.05, 3.63) is 27.7 Å². The number of rotatable bonds is 2. The van der Waals surface area contributed by atoms with Gasteiger partial charge in [-0.25, -0.2) is 9.78 Å². The van der Waals surface area contributed by atoms with Crippen LogP contribution in [0.3, 0.4) is 0 Å². The zero-order chi connectivity index (χ0) is 12.3. The minimum absolute atomic E-state index is 0.183. The van der Waals surface area contributed by atoms with Crippen molar-refractivity contribution in [2.45, 2.75) is 12.8 Å². The average molecular weight is 249 g/mol. The van der Waals surface area contributed by atoms with E-state index in [9.17, 15) is 4.79 Å². The smallest absolute Gasteiger partial charge is 0.396 e. The Bertz CT molecular complexity index is 487. The lowest BCUT2D eigenvalue weighted by molar-refractivity contribution is 0.206. The highest BCUT2D eigenvalue weighted by molar-refractivity contribution is 7.12. The second kappa shape index (κ2) is 4.92. The molecular weight excluding hydrogens is 238 g/mol. The Labute approximate surface area is 102 Å². The molecule has 5 nitrogen and oxygen atoms in total. The number of carbonyl (C=O) groups is 1. The van der Waals surface area contributed by atoms with Crippen molar-refractivity contribution in [2.24, 2.45) is 5.73 Å². The van der Waals surface area contributed by atoms with E-state index in [4.69, 9.17) is 11.1 Å². The lowest BCUT2D eigenvalue weighted by atomic mass is 10.3. The molecule has 88 valence electrons. The highest BCUT2D eigenvalue weighted by Gasteiger charge is 2.11. The van der Waals surface area contributed by atoms with E-state index >= 15 is 0 Å². The lowest BCUT2D eigenvalue weighted by Crippen LogP contribution is -2.19. The number of hydrogen-bond acceptors (Lipinski definition) is 5. The van der Waals surface area contributed by atoms with E-state index < -0.39 is 6.09 Å². The third-order valence-corrected chi connectivity index (χ3v) is 3.11. The molecule has 0 spiro atoms. The maximum absolute atomic E-state index is 10.5. The summed E-state index contributed by atoms with van der Waals surface area (Å²) in [6, 6.07) is 0. The fraction of sp³-hybridized carbons (Fsp3) is 0.182. The van der Waals surface area contributed by atoms with Crippen LogP contribution in [0.2, 0.25) is 0 Å². The van der Waals surface area contributed by atoms with Gasteiger partial charge in [0.1, 0.15) is 5.01 Å². The summed E-state index contributed by atoms with van der Waals surface area (Å²) in [4.78, 5) is 15.9. The van der Waals surface area contributed by atoms with Gasteiger partial charge in [-0.1, -0.05) is 12.2 Å². The van der Waals surface area contributed by atoms with Crippen LogP contribution in [0, 0.1) is 5.41 Å². The maximum atomic E-state index is 10.5. The van der Waals surface area contributed by atoms with Crippen molar-refractivity contribution >= 4 is 35.5 Å². The summed E-state index contributed by atoms with van der Waals surface area (Å²) >= 11 is 1.48. The van der Waals surface area contributed by atoms with E-state index in [1.165, 1.54) is 11.3 Å². The number of allylic oxidation sites excluding steroid dienone is 2. The summed E-state index contributed by atoms with van der Waals surface area (Å²) in [5, 5.41) is 8.15. The van der Waals surface area contributed by atoms with Crippen LogP contribution in [-0.2, 0) is 11.2 Å². The highest BCUT2D eigenvalue weighted by atomic mass is 32.1. The zero-order valence-corrected chi connectivity index (χ0v) is 9.79. The van der Waals surface area contributed by atoms with Crippen molar-refractivity contribution in [2.75, 3.05) is 0 Å². The molecule has 0 aromatic carbocycles. The van der Waals surface area contributed by atoms with Gasteiger partial charge in [-0.3, -0.25) is 5.41 Å². The fourth-order valence-electron chi connectivity index (χ4n) is 1.43. The van der Waals surface area contributed by atoms with E-state index in [0.717, 1.165) is 22.0 Å². The third kappa shape index (κ3) is 3.01. The SMILES string of the molecule is N=C(Cc1nc2c(s1)C=CCC=C2)OC(N)=O. The molecule has 17 heavy (non-hydrogen) atoms. The number of aromatic nitrogens is 1. The molecule has 3 N–H and O–H groups in total. The van der Waals surface area contributed by atoms with Crippen molar-refractivity contribution in [3.63, 3.8) is 0 Å². The van der Waals surface area contributed by atoms with Gasteiger partial charge in [0.2, 0.25) is 0 Å². The number of ether oxygens (including phenoxy) is 1. The van der Waals surface area contributed by atoms with E-state index in [0.29, 0.717) is 0 Å².